The fourth-order valence-electron chi connectivity index (χ4n) is 3.97. The number of para-hydroxylation sites is 1. The number of carbonyl (C=O) groups excluding carboxylic acids is 1. The highest BCUT2D eigenvalue weighted by molar-refractivity contribution is 6.13. The standard InChI is InChI=1S/C26H21N7O/c1-16-25(17(2)33(32-16)15-19-9-7-18(14-27)8-10-19)30-26(34)21-13-24(23-11-12-28-31-23)29-22-6-4-3-5-20(21)22/h3-13H,15H2,1-2H3,(H,28,31)(H,30,34). The van der Waals surface area contributed by atoms with E-state index < -0.39 is 0 Å². The molecule has 0 saturated carbocycles. The number of hydrogen-bond acceptors (Lipinski definition) is 5. The van der Waals surface area contributed by atoms with Gasteiger partial charge in [-0.15, -0.1) is 0 Å². The van der Waals surface area contributed by atoms with Gasteiger partial charge in [0.2, 0.25) is 0 Å². The van der Waals surface area contributed by atoms with E-state index in [0.717, 1.165) is 27.9 Å². The Morgan fingerprint density at radius 2 is 1.88 bits per heavy atom. The Morgan fingerprint density at radius 1 is 1.09 bits per heavy atom. The van der Waals surface area contributed by atoms with Gasteiger partial charge in [0, 0.05) is 11.6 Å². The van der Waals surface area contributed by atoms with Gasteiger partial charge in [0.1, 0.15) is 5.69 Å². The molecule has 0 atom stereocenters. The number of nitrogens with zero attached hydrogens (tertiary/aromatic N) is 5. The lowest BCUT2D eigenvalue weighted by Crippen LogP contribution is -2.14. The highest BCUT2D eigenvalue weighted by Crippen LogP contribution is 2.26. The molecule has 0 spiro atoms. The minimum Gasteiger partial charge on any atom is -0.319 e. The number of aryl methyl sites for hydroxylation is 1. The predicted octanol–water partition coefficient (Wildman–Crippen LogP) is 4.61. The van der Waals surface area contributed by atoms with Crippen molar-refractivity contribution in [3.63, 3.8) is 0 Å². The van der Waals surface area contributed by atoms with Gasteiger partial charge in [0.25, 0.3) is 5.91 Å². The lowest BCUT2D eigenvalue weighted by Gasteiger charge is -2.11. The third kappa shape index (κ3) is 3.91. The first-order chi connectivity index (χ1) is 16.5. The molecular formula is C26H21N7O. The number of hydrogen-bond donors (Lipinski definition) is 2. The Hall–Kier alpha value is -4.77. The van der Waals surface area contributed by atoms with Crippen LogP contribution in [0.25, 0.3) is 22.3 Å². The quantitative estimate of drug-likeness (QED) is 0.409. The molecule has 0 aliphatic carbocycles. The lowest BCUT2D eigenvalue weighted by molar-refractivity contribution is 0.102. The third-order valence-corrected chi connectivity index (χ3v) is 5.76. The first-order valence-corrected chi connectivity index (χ1v) is 10.8. The average Bonchev–Trinajstić information content (AvgIpc) is 3.49. The van der Waals surface area contributed by atoms with E-state index in [1.165, 1.54) is 0 Å². The topological polar surface area (TPSA) is 112 Å². The summed E-state index contributed by atoms with van der Waals surface area (Å²) in [6.45, 7) is 4.34. The zero-order valence-corrected chi connectivity index (χ0v) is 18.7. The number of rotatable bonds is 5. The van der Waals surface area contributed by atoms with E-state index in [0.29, 0.717) is 34.7 Å². The molecule has 1 amide bonds. The molecule has 166 valence electrons. The normalized spacial score (nSPS) is 10.9. The zero-order chi connectivity index (χ0) is 23.7. The van der Waals surface area contributed by atoms with Crippen LogP contribution >= 0.6 is 0 Å². The maximum atomic E-state index is 13.5. The van der Waals surface area contributed by atoms with Gasteiger partial charge in [-0.2, -0.15) is 15.5 Å². The fourth-order valence-corrected chi connectivity index (χ4v) is 3.97. The first kappa shape index (κ1) is 21.1. The largest absolute Gasteiger partial charge is 0.319 e. The molecule has 8 nitrogen and oxygen atoms in total. The van der Waals surface area contributed by atoms with Crippen molar-refractivity contribution >= 4 is 22.5 Å². The zero-order valence-electron chi connectivity index (χ0n) is 18.7. The smallest absolute Gasteiger partial charge is 0.256 e. The van der Waals surface area contributed by atoms with E-state index in [4.69, 9.17) is 5.26 Å². The van der Waals surface area contributed by atoms with E-state index >= 15 is 0 Å². The van der Waals surface area contributed by atoms with Gasteiger partial charge in [-0.05, 0) is 49.7 Å². The van der Waals surface area contributed by atoms with Crippen LogP contribution in [0.1, 0.15) is 32.9 Å². The molecule has 0 radical (unpaired) electrons. The highest BCUT2D eigenvalue weighted by Gasteiger charge is 2.19. The molecule has 0 unspecified atom stereocenters. The summed E-state index contributed by atoms with van der Waals surface area (Å²) in [7, 11) is 0. The van der Waals surface area contributed by atoms with Crippen LogP contribution in [0, 0.1) is 25.2 Å². The fraction of sp³-hybridized carbons (Fsp3) is 0.115. The summed E-state index contributed by atoms with van der Waals surface area (Å²) in [5, 5.41) is 24.5. The van der Waals surface area contributed by atoms with Gasteiger partial charge in [-0.25, -0.2) is 4.98 Å². The molecular weight excluding hydrogens is 426 g/mol. The van der Waals surface area contributed by atoms with Crippen LogP contribution in [0.3, 0.4) is 0 Å². The molecule has 0 saturated heterocycles. The Labute approximate surface area is 195 Å². The molecule has 3 aromatic heterocycles. The Bertz CT molecular complexity index is 1540. The minimum atomic E-state index is -0.237. The van der Waals surface area contributed by atoms with Crippen LogP contribution in [-0.2, 0) is 6.54 Å². The molecule has 34 heavy (non-hydrogen) atoms. The average molecular weight is 448 g/mol. The summed E-state index contributed by atoms with van der Waals surface area (Å²) in [5.41, 5.74) is 6.42. The Kier molecular flexibility index (Phi) is 5.36. The Morgan fingerprint density at radius 3 is 2.62 bits per heavy atom. The highest BCUT2D eigenvalue weighted by atomic mass is 16.1. The number of H-pyrrole nitrogens is 1. The van der Waals surface area contributed by atoms with Crippen molar-refractivity contribution in [2.75, 3.05) is 5.32 Å². The molecule has 0 bridgehead atoms. The number of aromatic amines is 1. The van der Waals surface area contributed by atoms with Crippen molar-refractivity contribution in [2.24, 2.45) is 0 Å². The third-order valence-electron chi connectivity index (χ3n) is 5.76. The number of anilines is 1. The number of pyridine rings is 1. The van der Waals surface area contributed by atoms with E-state index in [1.807, 2.05) is 61.0 Å². The van der Waals surface area contributed by atoms with Crippen LogP contribution in [0.5, 0.6) is 0 Å². The van der Waals surface area contributed by atoms with Crippen LogP contribution in [0.4, 0.5) is 5.69 Å². The van der Waals surface area contributed by atoms with Gasteiger partial charge in [0.05, 0.1) is 52.0 Å². The summed E-state index contributed by atoms with van der Waals surface area (Å²) in [4.78, 5) is 18.1. The second-order valence-corrected chi connectivity index (χ2v) is 8.00. The van der Waals surface area contributed by atoms with Crippen LogP contribution in [0.2, 0.25) is 0 Å². The van der Waals surface area contributed by atoms with Gasteiger partial charge >= 0.3 is 0 Å². The summed E-state index contributed by atoms with van der Waals surface area (Å²) in [5.74, 6) is -0.237. The summed E-state index contributed by atoms with van der Waals surface area (Å²) in [6.07, 6.45) is 1.72. The van der Waals surface area contributed by atoms with Crippen molar-refractivity contribution in [1.82, 2.24) is 25.0 Å². The first-order valence-electron chi connectivity index (χ1n) is 10.8. The van der Waals surface area contributed by atoms with E-state index in [2.05, 4.69) is 31.7 Å². The van der Waals surface area contributed by atoms with Gasteiger partial charge in [-0.1, -0.05) is 30.3 Å². The molecule has 0 aliphatic heterocycles. The van der Waals surface area contributed by atoms with E-state index in [9.17, 15) is 4.79 Å². The predicted molar refractivity (Wildman–Crippen MR) is 129 cm³/mol. The number of nitrogens with one attached hydrogen (secondary N) is 2. The van der Waals surface area contributed by atoms with Crippen molar-refractivity contribution in [3.8, 4) is 17.5 Å². The van der Waals surface area contributed by atoms with Crippen molar-refractivity contribution in [2.45, 2.75) is 20.4 Å². The van der Waals surface area contributed by atoms with Gasteiger partial charge in [0.15, 0.2) is 0 Å². The summed E-state index contributed by atoms with van der Waals surface area (Å²) in [6, 6.07) is 20.7. The maximum Gasteiger partial charge on any atom is 0.256 e. The molecule has 2 aromatic carbocycles. The molecule has 2 N–H and O–H groups in total. The SMILES string of the molecule is Cc1nn(Cc2ccc(C#N)cc2)c(C)c1NC(=O)c1cc(-c2cc[nH]n2)nc2ccccc12. The second kappa shape index (κ2) is 8.64. The monoisotopic (exact) mass is 447 g/mol. The molecule has 0 fully saturated rings. The molecule has 0 aliphatic rings. The van der Waals surface area contributed by atoms with Gasteiger partial charge < -0.3 is 5.32 Å². The Balaban J connectivity index is 1.47. The maximum absolute atomic E-state index is 13.5. The van der Waals surface area contributed by atoms with Crippen molar-refractivity contribution in [1.29, 1.82) is 5.26 Å². The number of amides is 1. The van der Waals surface area contributed by atoms with E-state index in [-0.39, 0.29) is 5.91 Å². The number of nitriles is 1. The van der Waals surface area contributed by atoms with E-state index in [1.54, 1.807) is 24.4 Å². The molecule has 5 rings (SSSR count). The molecule has 3 heterocycles. The summed E-state index contributed by atoms with van der Waals surface area (Å²) >= 11 is 0. The number of benzene rings is 2. The summed E-state index contributed by atoms with van der Waals surface area (Å²) < 4.78 is 1.85. The van der Waals surface area contributed by atoms with Crippen molar-refractivity contribution in [3.05, 3.63) is 94.9 Å². The number of aromatic nitrogens is 5. The number of carbonyl (C=O) groups is 1. The van der Waals surface area contributed by atoms with Crippen LogP contribution < -0.4 is 5.32 Å². The van der Waals surface area contributed by atoms with Gasteiger partial charge in [-0.3, -0.25) is 14.6 Å². The molecule has 5 aromatic rings. The number of fused-ring (bicyclic) bond motifs is 1. The second-order valence-electron chi connectivity index (χ2n) is 8.00. The van der Waals surface area contributed by atoms with Crippen LogP contribution in [0.15, 0.2) is 66.9 Å². The van der Waals surface area contributed by atoms with Crippen molar-refractivity contribution < 1.29 is 4.79 Å². The molecule has 8 heteroatoms. The van der Waals surface area contributed by atoms with Crippen LogP contribution in [-0.4, -0.2) is 30.9 Å². The minimum absolute atomic E-state index is 0.237. The lowest BCUT2D eigenvalue weighted by atomic mass is 10.1.